The highest BCUT2D eigenvalue weighted by Crippen LogP contribution is 2.44. The Balaban J connectivity index is 1.32. The number of nitrogens with zero attached hydrogens (tertiary/aromatic N) is 5. The minimum atomic E-state index is -0.173. The molecule has 120 valence electrons. The third-order valence-corrected chi connectivity index (χ3v) is 5.49. The zero-order valence-electron chi connectivity index (χ0n) is 13.6. The van der Waals surface area contributed by atoms with Crippen molar-refractivity contribution < 1.29 is 4.74 Å². The van der Waals surface area contributed by atoms with Crippen molar-refractivity contribution in [3.8, 4) is 0 Å². The van der Waals surface area contributed by atoms with Gasteiger partial charge in [0, 0.05) is 55.6 Å². The summed E-state index contributed by atoms with van der Waals surface area (Å²) in [6.45, 7) is 5.52. The van der Waals surface area contributed by atoms with Crippen LogP contribution < -0.4 is 0 Å². The van der Waals surface area contributed by atoms with Crippen molar-refractivity contribution in [1.82, 2.24) is 24.6 Å². The van der Waals surface area contributed by atoms with Gasteiger partial charge in [0.15, 0.2) is 0 Å². The molecule has 1 aliphatic carbocycles. The lowest BCUT2D eigenvalue weighted by atomic mass is 9.87. The van der Waals surface area contributed by atoms with Crippen LogP contribution in [-0.2, 0) is 30.5 Å². The van der Waals surface area contributed by atoms with E-state index in [1.165, 1.54) is 29.7 Å². The third-order valence-electron chi connectivity index (χ3n) is 5.49. The molecule has 1 spiro atoms. The smallest absolute Gasteiger partial charge is 0.131 e. The monoisotopic (exact) mass is 311 g/mol. The number of ether oxygens (including phenoxy) is 1. The quantitative estimate of drug-likeness (QED) is 0.862. The molecule has 2 fully saturated rings. The lowest BCUT2D eigenvalue weighted by Crippen LogP contribution is -2.58. The molecule has 4 heterocycles. The van der Waals surface area contributed by atoms with Crippen molar-refractivity contribution >= 4 is 0 Å². The first-order valence-corrected chi connectivity index (χ1v) is 8.35. The standard InChI is InChI=1S/C17H21N5O/c1-11-13(5-19-21(11)2)7-22-9-17(10-22)14-6-18-16(12-3-4-12)20-15(14)8-23-17/h5-6,12H,3-4,7-10H2,1-2H3. The Morgan fingerprint density at radius 1 is 1.30 bits per heavy atom. The summed E-state index contributed by atoms with van der Waals surface area (Å²) in [6.07, 6.45) is 6.47. The fourth-order valence-corrected chi connectivity index (χ4v) is 3.74. The highest BCUT2D eigenvalue weighted by atomic mass is 16.5. The molecule has 6 nitrogen and oxygen atoms in total. The van der Waals surface area contributed by atoms with Crippen LogP contribution in [0.25, 0.3) is 0 Å². The van der Waals surface area contributed by atoms with Gasteiger partial charge in [-0.15, -0.1) is 0 Å². The minimum Gasteiger partial charge on any atom is -0.361 e. The highest BCUT2D eigenvalue weighted by Gasteiger charge is 2.51. The Morgan fingerprint density at radius 3 is 2.83 bits per heavy atom. The molecular weight excluding hydrogens is 290 g/mol. The molecular formula is C17H21N5O. The maximum Gasteiger partial charge on any atom is 0.131 e. The van der Waals surface area contributed by atoms with Gasteiger partial charge < -0.3 is 4.74 Å². The molecule has 2 aromatic heterocycles. The van der Waals surface area contributed by atoms with Crippen LogP contribution in [0.15, 0.2) is 12.4 Å². The molecule has 23 heavy (non-hydrogen) atoms. The van der Waals surface area contributed by atoms with Crippen molar-refractivity contribution in [2.45, 2.75) is 44.4 Å². The molecule has 0 unspecified atom stereocenters. The summed E-state index contributed by atoms with van der Waals surface area (Å²) >= 11 is 0. The first-order valence-electron chi connectivity index (χ1n) is 8.35. The molecule has 1 saturated carbocycles. The Labute approximate surface area is 135 Å². The molecule has 0 aromatic carbocycles. The Morgan fingerprint density at radius 2 is 2.13 bits per heavy atom. The number of fused-ring (bicyclic) bond motifs is 2. The lowest BCUT2D eigenvalue weighted by Gasteiger charge is -2.47. The molecule has 3 aliphatic rings. The molecule has 0 amide bonds. The van der Waals surface area contributed by atoms with Gasteiger partial charge in [0.2, 0.25) is 0 Å². The summed E-state index contributed by atoms with van der Waals surface area (Å²) in [6, 6.07) is 0. The van der Waals surface area contributed by atoms with E-state index >= 15 is 0 Å². The molecule has 2 aliphatic heterocycles. The molecule has 5 rings (SSSR count). The maximum atomic E-state index is 6.14. The SMILES string of the molecule is Cc1c(CN2CC3(C2)OCc2nc(C4CC4)ncc23)cnn1C. The van der Waals surface area contributed by atoms with Gasteiger partial charge in [-0.2, -0.15) is 5.10 Å². The van der Waals surface area contributed by atoms with Gasteiger partial charge in [-0.3, -0.25) is 9.58 Å². The van der Waals surface area contributed by atoms with Crippen LogP contribution in [-0.4, -0.2) is 37.7 Å². The molecule has 2 aromatic rings. The Hall–Kier alpha value is -1.79. The molecule has 0 atom stereocenters. The first kappa shape index (κ1) is 13.6. The fraction of sp³-hybridized carbons (Fsp3) is 0.588. The number of hydrogen-bond acceptors (Lipinski definition) is 5. The van der Waals surface area contributed by atoms with Gasteiger partial charge >= 0.3 is 0 Å². The number of rotatable bonds is 3. The van der Waals surface area contributed by atoms with Crippen LogP contribution >= 0.6 is 0 Å². The largest absolute Gasteiger partial charge is 0.361 e. The topological polar surface area (TPSA) is 56.1 Å². The highest BCUT2D eigenvalue weighted by molar-refractivity contribution is 5.33. The van der Waals surface area contributed by atoms with E-state index < -0.39 is 0 Å². The second kappa shape index (κ2) is 4.61. The van der Waals surface area contributed by atoms with E-state index in [1.807, 2.05) is 24.1 Å². The van der Waals surface area contributed by atoms with Crippen molar-refractivity contribution in [3.05, 3.63) is 40.7 Å². The van der Waals surface area contributed by atoms with Crippen molar-refractivity contribution in [2.75, 3.05) is 13.1 Å². The number of aromatic nitrogens is 4. The number of hydrogen-bond donors (Lipinski definition) is 0. The molecule has 0 N–H and O–H groups in total. The molecule has 1 saturated heterocycles. The average Bonchev–Trinajstić information content (AvgIpc) is 3.24. The number of aryl methyl sites for hydroxylation is 1. The fourth-order valence-electron chi connectivity index (χ4n) is 3.74. The van der Waals surface area contributed by atoms with Crippen molar-refractivity contribution in [1.29, 1.82) is 0 Å². The summed E-state index contributed by atoms with van der Waals surface area (Å²) in [5, 5.41) is 4.32. The average molecular weight is 311 g/mol. The predicted octanol–water partition coefficient (Wildman–Crippen LogP) is 1.64. The van der Waals surface area contributed by atoms with E-state index in [0.717, 1.165) is 31.2 Å². The van der Waals surface area contributed by atoms with Crippen LogP contribution in [0.4, 0.5) is 0 Å². The van der Waals surface area contributed by atoms with E-state index in [4.69, 9.17) is 9.72 Å². The van der Waals surface area contributed by atoms with Gasteiger partial charge in [-0.1, -0.05) is 0 Å². The van der Waals surface area contributed by atoms with Gasteiger partial charge in [0.25, 0.3) is 0 Å². The lowest BCUT2D eigenvalue weighted by molar-refractivity contribution is -0.145. The molecule has 6 heteroatoms. The maximum absolute atomic E-state index is 6.14. The van der Waals surface area contributed by atoms with E-state index in [-0.39, 0.29) is 5.60 Å². The number of likely N-dealkylation sites (tertiary alicyclic amines) is 1. The predicted molar refractivity (Wildman–Crippen MR) is 83.7 cm³/mol. The van der Waals surface area contributed by atoms with Crippen LogP contribution in [0.5, 0.6) is 0 Å². The van der Waals surface area contributed by atoms with Crippen LogP contribution in [0.2, 0.25) is 0 Å². The second-order valence-corrected chi connectivity index (χ2v) is 7.17. The summed E-state index contributed by atoms with van der Waals surface area (Å²) < 4.78 is 8.07. The molecule has 0 radical (unpaired) electrons. The Bertz CT molecular complexity index is 773. The van der Waals surface area contributed by atoms with Crippen molar-refractivity contribution in [2.24, 2.45) is 7.05 Å². The van der Waals surface area contributed by atoms with Crippen LogP contribution in [0.1, 0.15) is 47.1 Å². The van der Waals surface area contributed by atoms with Gasteiger partial charge in [-0.05, 0) is 19.8 Å². The van der Waals surface area contributed by atoms with Crippen molar-refractivity contribution in [3.63, 3.8) is 0 Å². The first-order chi connectivity index (χ1) is 11.1. The van der Waals surface area contributed by atoms with E-state index in [2.05, 4.69) is 21.9 Å². The summed E-state index contributed by atoms with van der Waals surface area (Å²) in [7, 11) is 1.99. The summed E-state index contributed by atoms with van der Waals surface area (Å²) in [5.41, 5.74) is 4.67. The Kier molecular flexibility index (Phi) is 2.73. The van der Waals surface area contributed by atoms with Gasteiger partial charge in [0.1, 0.15) is 11.4 Å². The third kappa shape index (κ3) is 2.05. The zero-order chi connectivity index (χ0) is 15.6. The summed E-state index contributed by atoms with van der Waals surface area (Å²) in [5.74, 6) is 1.62. The zero-order valence-corrected chi connectivity index (χ0v) is 13.6. The minimum absolute atomic E-state index is 0.173. The van der Waals surface area contributed by atoms with Crippen LogP contribution in [0.3, 0.4) is 0 Å². The van der Waals surface area contributed by atoms with E-state index in [9.17, 15) is 0 Å². The summed E-state index contributed by atoms with van der Waals surface area (Å²) in [4.78, 5) is 11.8. The van der Waals surface area contributed by atoms with Gasteiger partial charge in [-0.25, -0.2) is 9.97 Å². The van der Waals surface area contributed by atoms with Gasteiger partial charge in [0.05, 0.1) is 18.5 Å². The normalized spacial score (nSPS) is 22.3. The van der Waals surface area contributed by atoms with E-state index in [0.29, 0.717) is 12.5 Å². The second-order valence-electron chi connectivity index (χ2n) is 7.17. The molecule has 0 bridgehead atoms. The van der Waals surface area contributed by atoms with E-state index in [1.54, 1.807) is 0 Å². The van der Waals surface area contributed by atoms with Crippen LogP contribution in [0, 0.1) is 6.92 Å².